The van der Waals surface area contributed by atoms with E-state index in [4.69, 9.17) is 0 Å². The zero-order valence-electron chi connectivity index (χ0n) is 8.76. The SMILES string of the molecule is O=C(C=Cc1ccccc1)c1cc[c]cc1. The molecule has 0 saturated carbocycles. The van der Waals surface area contributed by atoms with E-state index in [0.29, 0.717) is 5.56 Å². The van der Waals surface area contributed by atoms with Gasteiger partial charge in [0.15, 0.2) is 5.78 Å². The number of hydrogen-bond donors (Lipinski definition) is 0. The largest absolute Gasteiger partial charge is 0.289 e. The van der Waals surface area contributed by atoms with Crippen LogP contribution in [-0.2, 0) is 0 Å². The van der Waals surface area contributed by atoms with Crippen LogP contribution in [-0.4, -0.2) is 5.78 Å². The second kappa shape index (κ2) is 5.08. The van der Waals surface area contributed by atoms with E-state index < -0.39 is 0 Å². The maximum atomic E-state index is 11.7. The number of benzene rings is 2. The first-order chi connectivity index (χ1) is 7.86. The quantitative estimate of drug-likeness (QED) is 0.557. The van der Waals surface area contributed by atoms with Gasteiger partial charge in [0.1, 0.15) is 0 Å². The average Bonchev–Trinajstić information content (AvgIpc) is 2.38. The van der Waals surface area contributed by atoms with Gasteiger partial charge in [-0.05, 0) is 17.7 Å². The molecule has 0 aliphatic carbocycles. The summed E-state index contributed by atoms with van der Waals surface area (Å²) in [6, 6.07) is 19.7. The van der Waals surface area contributed by atoms with Gasteiger partial charge in [0.2, 0.25) is 0 Å². The normalized spacial score (nSPS) is 10.5. The molecule has 1 nitrogen and oxygen atoms in total. The predicted octanol–water partition coefficient (Wildman–Crippen LogP) is 3.38. The highest BCUT2D eigenvalue weighted by molar-refractivity contribution is 6.06. The molecule has 0 aromatic heterocycles. The smallest absolute Gasteiger partial charge is 0.185 e. The highest BCUT2D eigenvalue weighted by Crippen LogP contribution is 2.05. The second-order valence-electron chi connectivity index (χ2n) is 3.40. The maximum absolute atomic E-state index is 11.7. The third-order valence-electron chi connectivity index (χ3n) is 2.23. The van der Waals surface area contributed by atoms with Gasteiger partial charge in [-0.2, -0.15) is 0 Å². The first-order valence-electron chi connectivity index (χ1n) is 5.10. The lowest BCUT2D eigenvalue weighted by Gasteiger charge is -1.94. The topological polar surface area (TPSA) is 17.1 Å². The molecule has 0 heterocycles. The minimum absolute atomic E-state index is 0.0119. The number of carbonyl (C=O) groups is 1. The van der Waals surface area contributed by atoms with Gasteiger partial charge in [0.25, 0.3) is 0 Å². The Morgan fingerprint density at radius 3 is 2.38 bits per heavy atom. The molecule has 1 heteroatoms. The Morgan fingerprint density at radius 2 is 1.69 bits per heavy atom. The van der Waals surface area contributed by atoms with E-state index in [2.05, 4.69) is 6.07 Å². The Bertz CT molecular complexity index is 483. The summed E-state index contributed by atoms with van der Waals surface area (Å²) in [6.45, 7) is 0. The molecule has 0 aliphatic heterocycles. The Balaban J connectivity index is 2.12. The summed E-state index contributed by atoms with van der Waals surface area (Å²) in [5, 5.41) is 0. The Morgan fingerprint density at radius 1 is 1.00 bits per heavy atom. The molecule has 0 aliphatic rings. The molecule has 0 atom stereocenters. The van der Waals surface area contributed by atoms with Gasteiger partial charge in [-0.25, -0.2) is 0 Å². The fourth-order valence-electron chi connectivity index (χ4n) is 1.38. The van der Waals surface area contributed by atoms with Gasteiger partial charge in [-0.15, -0.1) is 0 Å². The molecule has 0 amide bonds. The van der Waals surface area contributed by atoms with E-state index in [1.165, 1.54) is 0 Å². The van der Waals surface area contributed by atoms with Crippen LogP contribution in [0, 0.1) is 6.07 Å². The first kappa shape index (κ1) is 10.4. The van der Waals surface area contributed by atoms with E-state index in [9.17, 15) is 4.79 Å². The first-order valence-corrected chi connectivity index (χ1v) is 5.10. The maximum Gasteiger partial charge on any atom is 0.185 e. The number of allylic oxidation sites excluding steroid dienone is 1. The van der Waals surface area contributed by atoms with Crippen molar-refractivity contribution >= 4 is 11.9 Å². The minimum atomic E-state index is 0.0119. The summed E-state index contributed by atoms with van der Waals surface area (Å²) in [4.78, 5) is 11.7. The van der Waals surface area contributed by atoms with Crippen molar-refractivity contribution in [1.29, 1.82) is 0 Å². The van der Waals surface area contributed by atoms with Crippen molar-refractivity contribution in [2.24, 2.45) is 0 Å². The van der Waals surface area contributed by atoms with Crippen LogP contribution < -0.4 is 0 Å². The zero-order valence-corrected chi connectivity index (χ0v) is 8.76. The molecule has 2 aromatic rings. The average molecular weight is 207 g/mol. The molecule has 0 bridgehead atoms. The third-order valence-corrected chi connectivity index (χ3v) is 2.23. The summed E-state index contributed by atoms with van der Waals surface area (Å²) in [5.41, 5.74) is 1.71. The van der Waals surface area contributed by atoms with Crippen molar-refractivity contribution < 1.29 is 4.79 Å². The summed E-state index contributed by atoms with van der Waals surface area (Å²) < 4.78 is 0. The molecule has 2 rings (SSSR count). The van der Waals surface area contributed by atoms with E-state index in [1.807, 2.05) is 36.4 Å². The monoisotopic (exact) mass is 207 g/mol. The Kier molecular flexibility index (Phi) is 3.29. The van der Waals surface area contributed by atoms with E-state index in [0.717, 1.165) is 5.56 Å². The van der Waals surface area contributed by atoms with Crippen LogP contribution in [0.15, 0.2) is 60.7 Å². The Hall–Kier alpha value is -2.15. The molecule has 0 spiro atoms. The van der Waals surface area contributed by atoms with Crippen LogP contribution >= 0.6 is 0 Å². The van der Waals surface area contributed by atoms with Crippen LogP contribution in [0.25, 0.3) is 6.08 Å². The fraction of sp³-hybridized carbons (Fsp3) is 0. The minimum Gasteiger partial charge on any atom is -0.289 e. The van der Waals surface area contributed by atoms with Gasteiger partial charge in [0, 0.05) is 5.56 Å². The molecule has 0 N–H and O–H groups in total. The highest BCUT2D eigenvalue weighted by Gasteiger charge is 1.98. The van der Waals surface area contributed by atoms with Crippen molar-refractivity contribution in [1.82, 2.24) is 0 Å². The van der Waals surface area contributed by atoms with Crippen LogP contribution in [0.1, 0.15) is 15.9 Å². The molecule has 0 fully saturated rings. The lowest BCUT2D eigenvalue weighted by molar-refractivity contribution is 0.104. The van der Waals surface area contributed by atoms with Gasteiger partial charge in [0.05, 0.1) is 0 Å². The lowest BCUT2D eigenvalue weighted by atomic mass is 10.1. The predicted molar refractivity (Wildman–Crippen MR) is 65.1 cm³/mol. The lowest BCUT2D eigenvalue weighted by Crippen LogP contribution is -1.92. The van der Waals surface area contributed by atoms with Crippen molar-refractivity contribution in [3.63, 3.8) is 0 Å². The number of rotatable bonds is 3. The Labute approximate surface area is 95.1 Å². The van der Waals surface area contributed by atoms with Gasteiger partial charge < -0.3 is 0 Å². The summed E-state index contributed by atoms with van der Waals surface area (Å²) in [7, 11) is 0. The number of hydrogen-bond acceptors (Lipinski definition) is 1. The number of carbonyl (C=O) groups excluding carboxylic acids is 1. The highest BCUT2D eigenvalue weighted by atomic mass is 16.1. The van der Waals surface area contributed by atoms with Gasteiger partial charge >= 0.3 is 0 Å². The third kappa shape index (κ3) is 2.67. The fourth-order valence-corrected chi connectivity index (χ4v) is 1.38. The van der Waals surface area contributed by atoms with Crippen molar-refractivity contribution in [3.8, 4) is 0 Å². The van der Waals surface area contributed by atoms with Crippen LogP contribution in [0.4, 0.5) is 0 Å². The molecule has 77 valence electrons. The van der Waals surface area contributed by atoms with Crippen molar-refractivity contribution in [2.75, 3.05) is 0 Å². The van der Waals surface area contributed by atoms with Crippen LogP contribution in [0.5, 0.6) is 0 Å². The van der Waals surface area contributed by atoms with E-state index in [-0.39, 0.29) is 5.78 Å². The van der Waals surface area contributed by atoms with Crippen molar-refractivity contribution in [3.05, 3.63) is 77.9 Å². The standard InChI is InChI=1S/C15H11O/c16-15(14-9-5-2-6-10-14)12-11-13-7-3-1-4-8-13/h1,3-12H. The molecular formula is C15H11O. The molecule has 1 radical (unpaired) electrons. The van der Waals surface area contributed by atoms with Crippen LogP contribution in [0.3, 0.4) is 0 Å². The van der Waals surface area contributed by atoms with E-state index in [1.54, 1.807) is 30.3 Å². The van der Waals surface area contributed by atoms with Gasteiger partial charge in [-0.3, -0.25) is 4.79 Å². The van der Waals surface area contributed by atoms with E-state index >= 15 is 0 Å². The molecule has 2 aromatic carbocycles. The number of ketones is 1. The summed E-state index contributed by atoms with van der Waals surface area (Å²) in [6.07, 6.45) is 3.41. The molecule has 16 heavy (non-hydrogen) atoms. The van der Waals surface area contributed by atoms with Crippen molar-refractivity contribution in [2.45, 2.75) is 0 Å². The van der Waals surface area contributed by atoms with Crippen LogP contribution in [0.2, 0.25) is 0 Å². The molecular weight excluding hydrogens is 196 g/mol. The zero-order chi connectivity index (χ0) is 11.2. The molecule has 0 unspecified atom stereocenters. The molecule has 0 saturated heterocycles. The summed E-state index contributed by atoms with van der Waals surface area (Å²) >= 11 is 0. The second-order valence-corrected chi connectivity index (χ2v) is 3.40. The van der Waals surface area contributed by atoms with Gasteiger partial charge in [-0.1, -0.05) is 60.7 Å². The summed E-state index contributed by atoms with van der Waals surface area (Å²) in [5.74, 6) is 0.0119.